The van der Waals surface area contributed by atoms with Crippen molar-refractivity contribution in [2.45, 2.75) is 38.6 Å². The number of phenolic OH excluding ortho intramolecular Hbond substituents is 1. The molecule has 0 aliphatic heterocycles. The van der Waals surface area contributed by atoms with Gasteiger partial charge in [-0.3, -0.25) is 0 Å². The fourth-order valence-electron chi connectivity index (χ4n) is 2.65. The number of halogens is 1. The van der Waals surface area contributed by atoms with E-state index in [4.69, 9.17) is 10.5 Å². The SMILES string of the molecule is CCOc1cccc([C@@H](N)C2CCCC2)c1O.Cl. The van der Waals surface area contributed by atoms with Crippen LogP contribution in [0.3, 0.4) is 0 Å². The van der Waals surface area contributed by atoms with Crippen LogP contribution in [-0.4, -0.2) is 11.7 Å². The van der Waals surface area contributed by atoms with Gasteiger partial charge in [0.2, 0.25) is 0 Å². The molecular formula is C14H22ClNO2. The molecule has 0 bridgehead atoms. The van der Waals surface area contributed by atoms with E-state index in [0.717, 1.165) is 5.56 Å². The summed E-state index contributed by atoms with van der Waals surface area (Å²) in [4.78, 5) is 0. The van der Waals surface area contributed by atoms with Gasteiger partial charge in [-0.15, -0.1) is 12.4 Å². The molecule has 4 heteroatoms. The maximum atomic E-state index is 10.1. The molecule has 0 heterocycles. The highest BCUT2D eigenvalue weighted by atomic mass is 35.5. The molecule has 0 aromatic heterocycles. The van der Waals surface area contributed by atoms with E-state index < -0.39 is 0 Å². The predicted molar refractivity (Wildman–Crippen MR) is 75.4 cm³/mol. The first-order valence-electron chi connectivity index (χ1n) is 6.44. The van der Waals surface area contributed by atoms with E-state index in [1.807, 2.05) is 19.1 Å². The van der Waals surface area contributed by atoms with Crippen LogP contribution in [0.15, 0.2) is 18.2 Å². The molecule has 1 atom stereocenters. The topological polar surface area (TPSA) is 55.5 Å². The van der Waals surface area contributed by atoms with Crippen LogP contribution in [-0.2, 0) is 0 Å². The lowest BCUT2D eigenvalue weighted by Gasteiger charge is -2.21. The fraction of sp³-hybridized carbons (Fsp3) is 0.571. The van der Waals surface area contributed by atoms with E-state index in [9.17, 15) is 5.11 Å². The van der Waals surface area contributed by atoms with E-state index in [-0.39, 0.29) is 24.2 Å². The zero-order chi connectivity index (χ0) is 12.3. The van der Waals surface area contributed by atoms with Crippen LogP contribution >= 0.6 is 12.4 Å². The summed E-state index contributed by atoms with van der Waals surface area (Å²) in [5.41, 5.74) is 7.07. The summed E-state index contributed by atoms with van der Waals surface area (Å²) in [6, 6.07) is 5.51. The summed E-state index contributed by atoms with van der Waals surface area (Å²) in [6.45, 7) is 2.46. The molecular weight excluding hydrogens is 250 g/mol. The second-order valence-corrected chi connectivity index (χ2v) is 4.70. The van der Waals surface area contributed by atoms with Crippen LogP contribution in [0.4, 0.5) is 0 Å². The molecule has 0 spiro atoms. The van der Waals surface area contributed by atoms with Crippen LogP contribution in [0.25, 0.3) is 0 Å². The van der Waals surface area contributed by atoms with E-state index >= 15 is 0 Å². The van der Waals surface area contributed by atoms with Crippen molar-refractivity contribution in [1.29, 1.82) is 0 Å². The molecule has 1 aliphatic rings. The molecule has 0 unspecified atom stereocenters. The molecule has 18 heavy (non-hydrogen) atoms. The standard InChI is InChI=1S/C14H21NO2.ClH/c1-2-17-12-9-5-8-11(14(12)16)13(15)10-6-3-4-7-10;/h5,8-10,13,16H,2-4,6-7,15H2,1H3;1H/t13-;/m0./s1. The van der Waals surface area contributed by atoms with Gasteiger partial charge in [0.1, 0.15) is 0 Å². The minimum Gasteiger partial charge on any atom is -0.504 e. The Labute approximate surface area is 115 Å². The van der Waals surface area contributed by atoms with Crippen LogP contribution in [0.5, 0.6) is 11.5 Å². The largest absolute Gasteiger partial charge is 0.504 e. The minimum absolute atomic E-state index is 0. The molecule has 3 N–H and O–H groups in total. The summed E-state index contributed by atoms with van der Waals surface area (Å²) in [6.07, 6.45) is 4.84. The number of phenols is 1. The smallest absolute Gasteiger partial charge is 0.162 e. The molecule has 1 fully saturated rings. The zero-order valence-corrected chi connectivity index (χ0v) is 11.6. The lowest BCUT2D eigenvalue weighted by atomic mass is 9.92. The third kappa shape index (κ3) is 3.09. The first-order valence-corrected chi connectivity index (χ1v) is 6.44. The Morgan fingerprint density at radius 1 is 1.39 bits per heavy atom. The summed E-state index contributed by atoms with van der Waals surface area (Å²) in [7, 11) is 0. The Kier molecular flexibility index (Phi) is 5.76. The number of rotatable bonds is 4. The van der Waals surface area contributed by atoms with Gasteiger partial charge in [0, 0.05) is 11.6 Å². The van der Waals surface area contributed by atoms with Crippen molar-refractivity contribution in [3.63, 3.8) is 0 Å². The lowest BCUT2D eigenvalue weighted by molar-refractivity contribution is 0.313. The number of hydrogen-bond acceptors (Lipinski definition) is 3. The highest BCUT2D eigenvalue weighted by Gasteiger charge is 2.25. The molecule has 1 aliphatic carbocycles. The highest BCUT2D eigenvalue weighted by molar-refractivity contribution is 5.85. The van der Waals surface area contributed by atoms with Crippen molar-refractivity contribution in [2.24, 2.45) is 11.7 Å². The van der Waals surface area contributed by atoms with E-state index in [2.05, 4.69) is 0 Å². The van der Waals surface area contributed by atoms with Crippen molar-refractivity contribution < 1.29 is 9.84 Å². The third-order valence-corrected chi connectivity index (χ3v) is 3.60. The Hall–Kier alpha value is -0.930. The number of ether oxygens (including phenoxy) is 1. The quantitative estimate of drug-likeness (QED) is 0.882. The van der Waals surface area contributed by atoms with Gasteiger partial charge in [-0.2, -0.15) is 0 Å². The summed E-state index contributed by atoms with van der Waals surface area (Å²) in [5.74, 6) is 1.25. The fourth-order valence-corrected chi connectivity index (χ4v) is 2.65. The Morgan fingerprint density at radius 3 is 2.67 bits per heavy atom. The molecule has 0 radical (unpaired) electrons. The van der Waals surface area contributed by atoms with Gasteiger partial charge >= 0.3 is 0 Å². The Morgan fingerprint density at radius 2 is 2.06 bits per heavy atom. The van der Waals surface area contributed by atoms with Gasteiger partial charge in [-0.1, -0.05) is 25.0 Å². The van der Waals surface area contributed by atoms with Crippen molar-refractivity contribution >= 4 is 12.4 Å². The first kappa shape index (κ1) is 15.1. The lowest BCUT2D eigenvalue weighted by Crippen LogP contribution is -2.19. The minimum atomic E-state index is -0.0714. The van der Waals surface area contributed by atoms with Crippen molar-refractivity contribution in [1.82, 2.24) is 0 Å². The molecule has 2 rings (SSSR count). The van der Waals surface area contributed by atoms with Gasteiger partial charge in [-0.05, 0) is 31.7 Å². The zero-order valence-electron chi connectivity index (χ0n) is 10.8. The van der Waals surface area contributed by atoms with Gasteiger partial charge in [0.05, 0.1) is 6.61 Å². The Bertz CT molecular complexity index is 378. The number of hydrogen-bond donors (Lipinski definition) is 2. The molecule has 1 saturated carbocycles. The number of aromatic hydroxyl groups is 1. The van der Waals surface area contributed by atoms with Crippen molar-refractivity contribution in [3.8, 4) is 11.5 Å². The van der Waals surface area contributed by atoms with Crippen LogP contribution < -0.4 is 10.5 Å². The second kappa shape index (κ2) is 6.86. The normalized spacial score (nSPS) is 17.2. The maximum absolute atomic E-state index is 10.1. The van der Waals surface area contributed by atoms with E-state index in [1.165, 1.54) is 25.7 Å². The first-order chi connectivity index (χ1) is 8.24. The molecule has 0 amide bonds. The average molecular weight is 272 g/mol. The third-order valence-electron chi connectivity index (χ3n) is 3.60. The van der Waals surface area contributed by atoms with Crippen LogP contribution in [0.1, 0.15) is 44.2 Å². The van der Waals surface area contributed by atoms with Gasteiger partial charge in [0.15, 0.2) is 11.5 Å². The predicted octanol–water partition coefficient (Wildman–Crippen LogP) is 3.40. The van der Waals surface area contributed by atoms with Crippen molar-refractivity contribution in [2.75, 3.05) is 6.61 Å². The average Bonchev–Trinajstić information content (AvgIpc) is 2.85. The van der Waals surface area contributed by atoms with Gasteiger partial charge < -0.3 is 15.6 Å². The van der Waals surface area contributed by atoms with Crippen LogP contribution in [0, 0.1) is 5.92 Å². The van der Waals surface area contributed by atoms with Gasteiger partial charge in [-0.25, -0.2) is 0 Å². The number of benzene rings is 1. The number of nitrogens with two attached hydrogens (primary N) is 1. The summed E-state index contributed by atoms with van der Waals surface area (Å²) >= 11 is 0. The molecule has 1 aromatic carbocycles. The summed E-state index contributed by atoms with van der Waals surface area (Å²) < 4.78 is 5.38. The van der Waals surface area contributed by atoms with Gasteiger partial charge in [0.25, 0.3) is 0 Å². The molecule has 3 nitrogen and oxygen atoms in total. The van der Waals surface area contributed by atoms with Crippen molar-refractivity contribution in [3.05, 3.63) is 23.8 Å². The summed E-state index contributed by atoms with van der Waals surface area (Å²) in [5, 5.41) is 10.1. The monoisotopic (exact) mass is 271 g/mol. The Balaban J connectivity index is 0.00000162. The maximum Gasteiger partial charge on any atom is 0.162 e. The van der Waals surface area contributed by atoms with E-state index in [1.54, 1.807) is 6.07 Å². The van der Waals surface area contributed by atoms with E-state index in [0.29, 0.717) is 18.3 Å². The highest BCUT2D eigenvalue weighted by Crippen LogP contribution is 2.40. The number of para-hydroxylation sites is 1. The molecule has 1 aromatic rings. The molecule has 102 valence electrons. The van der Waals surface area contributed by atoms with Crippen LogP contribution in [0.2, 0.25) is 0 Å². The molecule has 0 saturated heterocycles. The second-order valence-electron chi connectivity index (χ2n) is 4.70.